The number of nitrogens with zero attached hydrogens (tertiary/aromatic N) is 4. The molecule has 3 aromatic rings. The SMILES string of the molecule is Cc1sc2nc(Cn3nc(Cl)cc3C(F)(F)F)cc(=O)n2c1C1CC1CO. The van der Waals surface area contributed by atoms with Gasteiger partial charge in [-0.2, -0.15) is 18.3 Å². The van der Waals surface area contributed by atoms with E-state index in [0.717, 1.165) is 23.1 Å². The van der Waals surface area contributed by atoms with Crippen LogP contribution >= 0.6 is 22.9 Å². The van der Waals surface area contributed by atoms with Crippen molar-refractivity contribution >= 4 is 27.9 Å². The molecule has 0 bridgehead atoms. The average molecular weight is 419 g/mol. The van der Waals surface area contributed by atoms with E-state index in [4.69, 9.17) is 11.6 Å². The molecule has 0 spiro atoms. The van der Waals surface area contributed by atoms with Gasteiger partial charge in [-0.05, 0) is 19.3 Å². The Morgan fingerprint density at radius 1 is 1.41 bits per heavy atom. The Balaban J connectivity index is 1.75. The molecule has 1 fully saturated rings. The fourth-order valence-electron chi connectivity index (χ4n) is 3.32. The second-order valence-electron chi connectivity index (χ2n) is 6.54. The Kier molecular flexibility index (Phi) is 4.32. The predicted octanol–water partition coefficient (Wildman–Crippen LogP) is 3.08. The summed E-state index contributed by atoms with van der Waals surface area (Å²) < 4.78 is 41.5. The first-order chi connectivity index (χ1) is 12.7. The molecule has 1 aliphatic carbocycles. The Labute approximate surface area is 159 Å². The summed E-state index contributed by atoms with van der Waals surface area (Å²) in [6.45, 7) is 1.61. The summed E-state index contributed by atoms with van der Waals surface area (Å²) >= 11 is 6.93. The Hall–Kier alpha value is -1.91. The molecule has 2 atom stereocenters. The molecule has 0 aliphatic heterocycles. The number of thiazole rings is 1. The minimum Gasteiger partial charge on any atom is -0.396 e. The van der Waals surface area contributed by atoms with Gasteiger partial charge in [-0.25, -0.2) is 4.98 Å². The van der Waals surface area contributed by atoms with Gasteiger partial charge in [0.2, 0.25) is 0 Å². The lowest BCUT2D eigenvalue weighted by Gasteiger charge is -2.10. The number of hydrogen-bond donors (Lipinski definition) is 1. The Morgan fingerprint density at radius 3 is 2.78 bits per heavy atom. The predicted molar refractivity (Wildman–Crippen MR) is 93.4 cm³/mol. The fraction of sp³-hybridized carbons (Fsp3) is 0.438. The smallest absolute Gasteiger partial charge is 0.396 e. The lowest BCUT2D eigenvalue weighted by molar-refractivity contribution is -0.144. The van der Waals surface area contributed by atoms with E-state index in [0.29, 0.717) is 9.64 Å². The van der Waals surface area contributed by atoms with Crippen molar-refractivity contribution in [2.75, 3.05) is 6.61 Å². The quantitative estimate of drug-likeness (QED) is 0.706. The van der Waals surface area contributed by atoms with E-state index in [1.807, 2.05) is 6.92 Å². The maximum Gasteiger partial charge on any atom is 0.433 e. The zero-order chi connectivity index (χ0) is 19.5. The number of alkyl halides is 3. The zero-order valence-corrected chi connectivity index (χ0v) is 15.6. The van der Waals surface area contributed by atoms with Gasteiger partial charge in [0.05, 0.1) is 12.2 Å². The van der Waals surface area contributed by atoms with Crippen molar-refractivity contribution in [2.24, 2.45) is 5.92 Å². The molecule has 1 N–H and O–H groups in total. The summed E-state index contributed by atoms with van der Waals surface area (Å²) in [5.41, 5.74) is -0.352. The van der Waals surface area contributed by atoms with Crippen LogP contribution in [0.2, 0.25) is 5.15 Å². The van der Waals surface area contributed by atoms with Gasteiger partial charge in [0.25, 0.3) is 5.56 Å². The van der Waals surface area contributed by atoms with Crippen LogP contribution in [0.4, 0.5) is 13.2 Å². The van der Waals surface area contributed by atoms with Crippen LogP contribution in [0.25, 0.3) is 4.96 Å². The Morgan fingerprint density at radius 2 is 2.15 bits per heavy atom. The van der Waals surface area contributed by atoms with E-state index in [2.05, 4.69) is 10.1 Å². The van der Waals surface area contributed by atoms with Crippen molar-refractivity contribution in [3.8, 4) is 0 Å². The van der Waals surface area contributed by atoms with Gasteiger partial charge in [0.1, 0.15) is 5.69 Å². The van der Waals surface area contributed by atoms with E-state index >= 15 is 0 Å². The summed E-state index contributed by atoms with van der Waals surface area (Å²) in [4.78, 5) is 18.3. The number of aromatic nitrogens is 4. The highest BCUT2D eigenvalue weighted by Gasteiger charge is 2.41. The molecule has 144 valence electrons. The van der Waals surface area contributed by atoms with Crippen molar-refractivity contribution in [3.05, 3.63) is 49.6 Å². The van der Waals surface area contributed by atoms with Crippen molar-refractivity contribution in [2.45, 2.75) is 32.0 Å². The van der Waals surface area contributed by atoms with Crippen LogP contribution in [-0.4, -0.2) is 30.9 Å². The van der Waals surface area contributed by atoms with Gasteiger partial charge >= 0.3 is 6.18 Å². The molecule has 1 saturated carbocycles. The highest BCUT2D eigenvalue weighted by atomic mass is 35.5. The monoisotopic (exact) mass is 418 g/mol. The van der Waals surface area contributed by atoms with E-state index in [1.54, 1.807) is 0 Å². The molecule has 3 aromatic heterocycles. The summed E-state index contributed by atoms with van der Waals surface area (Å²) in [6.07, 6.45) is -3.81. The number of rotatable bonds is 4. The van der Waals surface area contributed by atoms with E-state index in [-0.39, 0.29) is 41.4 Å². The maximum absolute atomic E-state index is 13.1. The summed E-state index contributed by atoms with van der Waals surface area (Å²) in [6, 6.07) is 1.96. The third kappa shape index (κ3) is 3.26. The van der Waals surface area contributed by atoms with Gasteiger partial charge in [-0.1, -0.05) is 11.6 Å². The van der Waals surface area contributed by atoms with Crippen LogP contribution in [0.5, 0.6) is 0 Å². The molecule has 0 saturated heterocycles. The number of aliphatic hydroxyl groups is 1. The summed E-state index contributed by atoms with van der Waals surface area (Å²) in [5, 5.41) is 12.7. The minimum atomic E-state index is -4.61. The lowest BCUT2D eigenvalue weighted by atomic mass is 10.2. The highest BCUT2D eigenvalue weighted by molar-refractivity contribution is 7.17. The van der Waals surface area contributed by atoms with Gasteiger partial charge in [-0.3, -0.25) is 13.9 Å². The molecule has 0 aromatic carbocycles. The fourth-order valence-corrected chi connectivity index (χ4v) is 4.58. The van der Waals surface area contributed by atoms with Crippen molar-refractivity contribution in [3.63, 3.8) is 0 Å². The van der Waals surface area contributed by atoms with Gasteiger partial charge in [0, 0.05) is 35.2 Å². The standard InChI is InChI=1S/C16H14ClF3N4O2S/c1-7-14(10-2-8(10)6-25)24-13(26)3-9(21-15(24)27-7)5-23-11(16(18,19)20)4-12(17)22-23/h3-4,8,10,25H,2,5-6H2,1H3. The number of aliphatic hydroxyl groups excluding tert-OH is 1. The molecule has 0 radical (unpaired) electrons. The van der Waals surface area contributed by atoms with Crippen molar-refractivity contribution in [1.82, 2.24) is 19.2 Å². The molecular formula is C16H14ClF3N4O2S. The average Bonchev–Trinajstić information content (AvgIpc) is 3.12. The van der Waals surface area contributed by atoms with E-state index in [9.17, 15) is 23.1 Å². The first-order valence-electron chi connectivity index (χ1n) is 8.12. The Bertz CT molecular complexity index is 1090. The number of hydrogen-bond acceptors (Lipinski definition) is 5. The summed E-state index contributed by atoms with van der Waals surface area (Å²) in [5.74, 6) is 0.240. The molecule has 11 heteroatoms. The topological polar surface area (TPSA) is 72.4 Å². The third-order valence-corrected chi connectivity index (χ3v) is 5.80. The van der Waals surface area contributed by atoms with Crippen LogP contribution in [0.1, 0.15) is 34.3 Å². The summed E-state index contributed by atoms with van der Waals surface area (Å²) in [7, 11) is 0. The molecule has 6 nitrogen and oxygen atoms in total. The third-order valence-electron chi connectivity index (χ3n) is 4.65. The molecule has 2 unspecified atom stereocenters. The molecule has 27 heavy (non-hydrogen) atoms. The van der Waals surface area contributed by atoms with Crippen LogP contribution in [0, 0.1) is 12.8 Å². The van der Waals surface area contributed by atoms with Crippen molar-refractivity contribution < 1.29 is 18.3 Å². The number of halogens is 4. The number of aryl methyl sites for hydroxylation is 1. The molecule has 3 heterocycles. The van der Waals surface area contributed by atoms with Crippen LogP contribution in [-0.2, 0) is 12.7 Å². The van der Waals surface area contributed by atoms with Crippen LogP contribution in [0.15, 0.2) is 16.9 Å². The largest absolute Gasteiger partial charge is 0.433 e. The minimum absolute atomic E-state index is 0.0575. The first-order valence-corrected chi connectivity index (χ1v) is 9.32. The molecule has 4 rings (SSSR count). The second kappa shape index (κ2) is 6.32. The van der Waals surface area contributed by atoms with Crippen LogP contribution in [0.3, 0.4) is 0 Å². The van der Waals surface area contributed by atoms with E-state index < -0.39 is 11.9 Å². The molecule has 0 amide bonds. The maximum atomic E-state index is 13.1. The normalized spacial score (nSPS) is 19.8. The van der Waals surface area contributed by atoms with Crippen molar-refractivity contribution in [1.29, 1.82) is 0 Å². The van der Waals surface area contributed by atoms with Crippen LogP contribution < -0.4 is 5.56 Å². The highest BCUT2D eigenvalue weighted by Crippen LogP contribution is 2.49. The first kappa shape index (κ1) is 18.5. The molecule has 1 aliphatic rings. The zero-order valence-electron chi connectivity index (χ0n) is 14.0. The van der Waals surface area contributed by atoms with E-state index in [1.165, 1.54) is 21.8 Å². The number of fused-ring (bicyclic) bond motifs is 1. The molecular weight excluding hydrogens is 405 g/mol. The van der Waals surface area contributed by atoms with Gasteiger partial charge in [0.15, 0.2) is 10.1 Å². The second-order valence-corrected chi connectivity index (χ2v) is 8.11. The van der Waals surface area contributed by atoms with Gasteiger partial charge < -0.3 is 5.11 Å². The van der Waals surface area contributed by atoms with Gasteiger partial charge in [-0.15, -0.1) is 11.3 Å². The lowest BCUT2D eigenvalue weighted by Crippen LogP contribution is -2.20.